The summed E-state index contributed by atoms with van der Waals surface area (Å²) in [5.74, 6) is 0.230. The van der Waals surface area contributed by atoms with E-state index in [-0.39, 0.29) is 18.3 Å². The Balaban J connectivity index is 1.46. The summed E-state index contributed by atoms with van der Waals surface area (Å²) in [7, 11) is 0. The molecule has 6 heteroatoms. The third kappa shape index (κ3) is 4.16. The number of nitrogens with zero attached hydrogens (tertiary/aromatic N) is 2. The van der Waals surface area contributed by atoms with Gasteiger partial charge in [-0.1, -0.05) is 24.3 Å². The Labute approximate surface area is 167 Å². The number of anilines is 1. The fourth-order valence-corrected chi connectivity index (χ4v) is 3.00. The van der Waals surface area contributed by atoms with Crippen molar-refractivity contribution in [2.75, 3.05) is 11.9 Å². The van der Waals surface area contributed by atoms with Crippen LogP contribution in [0.4, 0.5) is 5.69 Å². The second kappa shape index (κ2) is 7.98. The van der Waals surface area contributed by atoms with Gasteiger partial charge in [0.15, 0.2) is 12.4 Å². The first-order valence-corrected chi connectivity index (χ1v) is 9.17. The van der Waals surface area contributed by atoms with Crippen LogP contribution in [0.25, 0.3) is 16.9 Å². The molecule has 0 atom stereocenters. The van der Waals surface area contributed by atoms with E-state index < -0.39 is 0 Å². The second-order valence-corrected chi connectivity index (χ2v) is 6.56. The summed E-state index contributed by atoms with van der Waals surface area (Å²) in [5, 5.41) is 2.89. The fourth-order valence-electron chi connectivity index (χ4n) is 3.00. The zero-order valence-electron chi connectivity index (χ0n) is 15.8. The molecule has 0 unspecified atom stereocenters. The molecule has 0 aliphatic heterocycles. The van der Waals surface area contributed by atoms with Crippen LogP contribution in [-0.2, 0) is 4.79 Å². The zero-order chi connectivity index (χ0) is 20.2. The second-order valence-electron chi connectivity index (χ2n) is 6.56. The maximum atomic E-state index is 12.4. The quantitative estimate of drug-likeness (QED) is 0.505. The van der Waals surface area contributed by atoms with Crippen LogP contribution in [0, 0.1) is 0 Å². The summed E-state index contributed by atoms with van der Waals surface area (Å²) in [4.78, 5) is 28.3. The van der Waals surface area contributed by atoms with Gasteiger partial charge in [0, 0.05) is 23.5 Å². The van der Waals surface area contributed by atoms with Crippen LogP contribution in [0.5, 0.6) is 5.75 Å². The smallest absolute Gasteiger partial charge is 0.262 e. The number of carbonyl (C=O) groups excluding carboxylic acids is 2. The summed E-state index contributed by atoms with van der Waals surface area (Å²) in [6.45, 7) is 1.36. The molecule has 0 aliphatic carbocycles. The van der Waals surface area contributed by atoms with Gasteiger partial charge in [0.1, 0.15) is 11.4 Å². The summed E-state index contributed by atoms with van der Waals surface area (Å²) in [6, 6.07) is 20.0. The number of para-hydroxylation sites is 1. The Bertz CT molecular complexity index is 1150. The number of rotatable bonds is 6. The zero-order valence-corrected chi connectivity index (χ0v) is 15.8. The highest BCUT2D eigenvalue weighted by molar-refractivity contribution is 5.96. The van der Waals surface area contributed by atoms with Crippen LogP contribution >= 0.6 is 0 Å². The van der Waals surface area contributed by atoms with E-state index in [1.807, 2.05) is 59.3 Å². The van der Waals surface area contributed by atoms with E-state index in [9.17, 15) is 9.59 Å². The lowest BCUT2D eigenvalue weighted by Crippen LogP contribution is -2.20. The molecule has 0 aliphatic rings. The minimum absolute atomic E-state index is 0.0159. The minimum Gasteiger partial charge on any atom is -0.484 e. The first kappa shape index (κ1) is 18.4. The topological polar surface area (TPSA) is 72.7 Å². The average Bonchev–Trinajstić information content (AvgIpc) is 3.17. The van der Waals surface area contributed by atoms with Crippen molar-refractivity contribution in [3.05, 3.63) is 84.7 Å². The molecule has 1 N–H and O–H groups in total. The van der Waals surface area contributed by atoms with Crippen LogP contribution in [-0.4, -0.2) is 27.7 Å². The first-order chi connectivity index (χ1) is 14.1. The number of hydrogen-bond donors (Lipinski definition) is 1. The van der Waals surface area contributed by atoms with Gasteiger partial charge in [-0.15, -0.1) is 0 Å². The molecule has 0 bridgehead atoms. The number of ether oxygens (including phenoxy) is 1. The van der Waals surface area contributed by atoms with Crippen molar-refractivity contribution < 1.29 is 14.3 Å². The lowest BCUT2D eigenvalue weighted by Gasteiger charge is -2.10. The number of aromatic nitrogens is 2. The highest BCUT2D eigenvalue weighted by atomic mass is 16.5. The van der Waals surface area contributed by atoms with Gasteiger partial charge in [0.05, 0.1) is 11.4 Å². The number of nitrogens with one attached hydrogen (secondary N) is 1. The van der Waals surface area contributed by atoms with Gasteiger partial charge < -0.3 is 14.5 Å². The number of carbonyl (C=O) groups is 2. The number of benzene rings is 2. The summed E-state index contributed by atoms with van der Waals surface area (Å²) in [5.41, 5.74) is 3.70. The number of Topliss-reactive ketones (excluding diaryl/α,β-unsaturated/α-hetero) is 1. The van der Waals surface area contributed by atoms with Crippen molar-refractivity contribution in [2.45, 2.75) is 6.92 Å². The largest absolute Gasteiger partial charge is 0.484 e. The molecule has 0 fully saturated rings. The molecule has 4 aromatic rings. The SMILES string of the molecule is CC(=O)c1ccc(OCC(=O)Nc2ccccc2-c2cn3ccccc3n2)cc1. The van der Waals surface area contributed by atoms with Crippen molar-refractivity contribution >= 4 is 23.0 Å². The summed E-state index contributed by atoms with van der Waals surface area (Å²) < 4.78 is 7.46. The standard InChI is InChI=1S/C23H19N3O3/c1-16(27)17-9-11-18(12-10-17)29-15-23(28)25-20-7-3-2-6-19(20)21-14-26-13-5-4-8-22(26)24-21/h2-14H,15H2,1H3,(H,25,28). The number of hydrogen-bond acceptors (Lipinski definition) is 4. The van der Waals surface area contributed by atoms with Gasteiger partial charge in [0.2, 0.25) is 0 Å². The van der Waals surface area contributed by atoms with E-state index in [1.54, 1.807) is 24.3 Å². The molecule has 0 saturated carbocycles. The molecule has 6 nitrogen and oxygen atoms in total. The molecule has 4 rings (SSSR count). The van der Waals surface area contributed by atoms with E-state index in [1.165, 1.54) is 6.92 Å². The third-order valence-electron chi connectivity index (χ3n) is 4.47. The molecule has 2 heterocycles. The Morgan fingerprint density at radius 3 is 2.52 bits per heavy atom. The van der Waals surface area contributed by atoms with Crippen molar-refractivity contribution in [3.63, 3.8) is 0 Å². The van der Waals surface area contributed by atoms with Crippen LogP contribution in [0.15, 0.2) is 79.1 Å². The Morgan fingerprint density at radius 1 is 1.00 bits per heavy atom. The number of amides is 1. The van der Waals surface area contributed by atoms with E-state index >= 15 is 0 Å². The Kier molecular flexibility index (Phi) is 5.07. The predicted octanol–water partition coefficient (Wildman–Crippen LogP) is 4.22. The molecule has 2 aromatic heterocycles. The van der Waals surface area contributed by atoms with Crippen molar-refractivity contribution in [3.8, 4) is 17.0 Å². The summed E-state index contributed by atoms with van der Waals surface area (Å²) >= 11 is 0. The van der Waals surface area contributed by atoms with Gasteiger partial charge >= 0.3 is 0 Å². The average molecular weight is 385 g/mol. The molecular weight excluding hydrogens is 366 g/mol. The van der Waals surface area contributed by atoms with E-state index in [0.717, 1.165) is 16.9 Å². The molecule has 144 valence electrons. The van der Waals surface area contributed by atoms with Crippen LogP contribution in [0.1, 0.15) is 17.3 Å². The maximum Gasteiger partial charge on any atom is 0.262 e. The number of fused-ring (bicyclic) bond motifs is 1. The Morgan fingerprint density at radius 2 is 1.76 bits per heavy atom. The van der Waals surface area contributed by atoms with E-state index in [0.29, 0.717) is 17.0 Å². The first-order valence-electron chi connectivity index (χ1n) is 9.17. The van der Waals surface area contributed by atoms with Gasteiger partial charge in [0.25, 0.3) is 5.91 Å². The number of imidazole rings is 1. The van der Waals surface area contributed by atoms with Crippen molar-refractivity contribution in [2.24, 2.45) is 0 Å². The normalized spacial score (nSPS) is 10.7. The third-order valence-corrected chi connectivity index (χ3v) is 4.47. The lowest BCUT2D eigenvalue weighted by atomic mass is 10.1. The maximum absolute atomic E-state index is 12.4. The molecule has 2 aromatic carbocycles. The minimum atomic E-state index is -0.281. The monoisotopic (exact) mass is 385 g/mol. The number of pyridine rings is 1. The molecule has 1 amide bonds. The van der Waals surface area contributed by atoms with Gasteiger partial charge in [-0.25, -0.2) is 4.98 Å². The van der Waals surface area contributed by atoms with Crippen LogP contribution in [0.2, 0.25) is 0 Å². The van der Waals surface area contributed by atoms with Crippen molar-refractivity contribution in [1.82, 2.24) is 9.38 Å². The predicted molar refractivity (Wildman–Crippen MR) is 111 cm³/mol. The van der Waals surface area contributed by atoms with Crippen LogP contribution in [0.3, 0.4) is 0 Å². The fraction of sp³-hybridized carbons (Fsp3) is 0.0870. The van der Waals surface area contributed by atoms with E-state index in [2.05, 4.69) is 10.3 Å². The van der Waals surface area contributed by atoms with Gasteiger partial charge in [-0.2, -0.15) is 0 Å². The highest BCUT2D eigenvalue weighted by Gasteiger charge is 2.12. The van der Waals surface area contributed by atoms with Gasteiger partial charge in [-0.3, -0.25) is 9.59 Å². The molecule has 0 radical (unpaired) electrons. The lowest BCUT2D eigenvalue weighted by molar-refractivity contribution is -0.118. The van der Waals surface area contributed by atoms with Crippen molar-refractivity contribution in [1.29, 1.82) is 0 Å². The molecule has 0 saturated heterocycles. The highest BCUT2D eigenvalue weighted by Crippen LogP contribution is 2.27. The van der Waals surface area contributed by atoms with E-state index in [4.69, 9.17) is 4.74 Å². The molecule has 29 heavy (non-hydrogen) atoms. The molecular formula is C23H19N3O3. The Hall–Kier alpha value is -3.93. The van der Waals surface area contributed by atoms with Crippen LogP contribution < -0.4 is 10.1 Å². The number of ketones is 1. The summed E-state index contributed by atoms with van der Waals surface area (Å²) in [6.07, 6.45) is 3.85. The van der Waals surface area contributed by atoms with Gasteiger partial charge in [-0.05, 0) is 49.4 Å². The molecule has 0 spiro atoms.